The van der Waals surface area contributed by atoms with Crippen molar-refractivity contribution in [3.63, 3.8) is 0 Å². The van der Waals surface area contributed by atoms with Crippen LogP contribution in [0.4, 0.5) is 4.39 Å². The van der Waals surface area contributed by atoms with Gasteiger partial charge in [-0.15, -0.1) is 0 Å². The van der Waals surface area contributed by atoms with Crippen molar-refractivity contribution < 1.29 is 13.9 Å². The number of nitriles is 1. The minimum absolute atomic E-state index is 0.0594. The van der Waals surface area contributed by atoms with E-state index in [-0.39, 0.29) is 6.61 Å². The molecule has 3 aliphatic rings. The first kappa shape index (κ1) is 23.1. The Morgan fingerprint density at radius 3 is 2.74 bits per heavy atom. The van der Waals surface area contributed by atoms with Crippen LogP contribution in [-0.4, -0.2) is 30.7 Å². The van der Waals surface area contributed by atoms with Gasteiger partial charge in [-0.05, 0) is 60.4 Å². The fraction of sp³-hybridized carbons (Fsp3) is 0.393. The van der Waals surface area contributed by atoms with Gasteiger partial charge >= 0.3 is 0 Å². The standard InChI is InChI=1S/C28H28ClFN2O2/c29-28-25-17-32(16-22-4-2-1-3-21(22)14-24-10-12-33-24)11-9-20(25)7-8-27(28)34-18-23-6-5-19(15-31)13-26(23)30/h1-8,13,21-22,24H,9-12,14,16-18H2/t21-,22?,24?/m1/s1. The molecule has 1 saturated heterocycles. The predicted molar refractivity (Wildman–Crippen MR) is 130 cm³/mol. The van der Waals surface area contributed by atoms with E-state index in [2.05, 4.69) is 35.3 Å². The molecule has 176 valence electrons. The van der Waals surface area contributed by atoms with Crippen LogP contribution in [0.2, 0.25) is 5.02 Å². The summed E-state index contributed by atoms with van der Waals surface area (Å²) in [5, 5.41) is 9.53. The first-order chi connectivity index (χ1) is 16.6. The highest BCUT2D eigenvalue weighted by Crippen LogP contribution is 2.36. The molecule has 5 rings (SSSR count). The Morgan fingerprint density at radius 2 is 2.00 bits per heavy atom. The monoisotopic (exact) mass is 478 g/mol. The highest BCUT2D eigenvalue weighted by molar-refractivity contribution is 6.33. The molecule has 0 radical (unpaired) electrons. The molecule has 34 heavy (non-hydrogen) atoms. The third-order valence-corrected chi connectivity index (χ3v) is 7.54. The van der Waals surface area contributed by atoms with E-state index in [1.807, 2.05) is 12.1 Å². The number of hydrogen-bond donors (Lipinski definition) is 0. The Morgan fingerprint density at radius 1 is 1.18 bits per heavy atom. The normalized spacial score (nSPS) is 23.7. The number of rotatable bonds is 7. The Hall–Kier alpha value is -2.65. The van der Waals surface area contributed by atoms with E-state index in [9.17, 15) is 4.39 Å². The van der Waals surface area contributed by atoms with Crippen LogP contribution in [0, 0.1) is 29.0 Å². The number of halogens is 2. The van der Waals surface area contributed by atoms with Gasteiger partial charge in [-0.3, -0.25) is 4.90 Å². The van der Waals surface area contributed by atoms with Crippen LogP contribution in [0.1, 0.15) is 35.1 Å². The van der Waals surface area contributed by atoms with E-state index in [0.717, 1.165) is 44.6 Å². The maximum absolute atomic E-state index is 14.2. The van der Waals surface area contributed by atoms with E-state index in [1.165, 1.54) is 18.1 Å². The summed E-state index contributed by atoms with van der Waals surface area (Å²) in [5.41, 5.74) is 3.03. The molecule has 4 nitrogen and oxygen atoms in total. The predicted octanol–water partition coefficient (Wildman–Crippen LogP) is 5.83. The minimum atomic E-state index is -0.448. The summed E-state index contributed by atoms with van der Waals surface area (Å²) >= 11 is 6.78. The van der Waals surface area contributed by atoms with Gasteiger partial charge in [0, 0.05) is 31.8 Å². The minimum Gasteiger partial charge on any atom is -0.487 e. The van der Waals surface area contributed by atoms with Crippen molar-refractivity contribution in [2.45, 2.75) is 38.5 Å². The molecule has 2 aliphatic heterocycles. The van der Waals surface area contributed by atoms with Gasteiger partial charge in [-0.2, -0.15) is 5.26 Å². The fourth-order valence-corrected chi connectivity index (χ4v) is 5.30. The third-order valence-electron chi connectivity index (χ3n) is 7.12. The molecule has 6 heteroatoms. The molecule has 1 fully saturated rings. The van der Waals surface area contributed by atoms with Gasteiger partial charge in [0.2, 0.25) is 0 Å². The van der Waals surface area contributed by atoms with Gasteiger partial charge in [0.25, 0.3) is 0 Å². The van der Waals surface area contributed by atoms with Crippen molar-refractivity contribution in [1.29, 1.82) is 5.26 Å². The zero-order valence-electron chi connectivity index (χ0n) is 19.1. The summed E-state index contributed by atoms with van der Waals surface area (Å²) in [6, 6.07) is 10.3. The molecule has 2 aromatic carbocycles. The van der Waals surface area contributed by atoms with Crippen LogP contribution in [-0.2, 0) is 24.3 Å². The smallest absolute Gasteiger partial charge is 0.138 e. The van der Waals surface area contributed by atoms with E-state index < -0.39 is 5.82 Å². The summed E-state index contributed by atoms with van der Waals surface area (Å²) in [6.45, 7) is 3.71. The van der Waals surface area contributed by atoms with E-state index in [1.54, 1.807) is 12.1 Å². The average Bonchev–Trinajstić information content (AvgIpc) is 2.83. The highest BCUT2D eigenvalue weighted by atomic mass is 35.5. The largest absolute Gasteiger partial charge is 0.487 e. The van der Waals surface area contributed by atoms with Crippen LogP contribution in [0.5, 0.6) is 5.75 Å². The molecule has 0 N–H and O–H groups in total. The van der Waals surface area contributed by atoms with E-state index >= 15 is 0 Å². The molecule has 1 aliphatic carbocycles. The van der Waals surface area contributed by atoms with E-state index in [0.29, 0.717) is 39.8 Å². The summed E-state index contributed by atoms with van der Waals surface area (Å²) < 4.78 is 25.8. The number of allylic oxidation sites excluding steroid dienone is 3. The second kappa shape index (κ2) is 10.3. The van der Waals surface area contributed by atoms with Crippen LogP contribution in [0.3, 0.4) is 0 Å². The molecule has 0 amide bonds. The molecule has 0 aromatic heterocycles. The highest BCUT2D eigenvalue weighted by Gasteiger charge is 2.29. The Kier molecular flexibility index (Phi) is 7.01. The van der Waals surface area contributed by atoms with Crippen LogP contribution in [0.15, 0.2) is 54.6 Å². The van der Waals surface area contributed by atoms with Gasteiger partial charge in [0.15, 0.2) is 0 Å². The van der Waals surface area contributed by atoms with Crippen LogP contribution < -0.4 is 4.74 Å². The van der Waals surface area contributed by atoms with Gasteiger partial charge in [0.05, 0.1) is 22.8 Å². The molecule has 0 bridgehead atoms. The van der Waals surface area contributed by atoms with Gasteiger partial charge in [0.1, 0.15) is 18.2 Å². The zero-order valence-corrected chi connectivity index (χ0v) is 19.8. The summed E-state index contributed by atoms with van der Waals surface area (Å²) in [7, 11) is 0. The quantitative estimate of drug-likeness (QED) is 0.502. The molecule has 3 atom stereocenters. The Bertz CT molecular complexity index is 1150. The van der Waals surface area contributed by atoms with Gasteiger partial charge in [-0.1, -0.05) is 48.0 Å². The van der Waals surface area contributed by atoms with Crippen molar-refractivity contribution >= 4 is 11.6 Å². The first-order valence-electron chi connectivity index (χ1n) is 11.9. The average molecular weight is 479 g/mol. The lowest BCUT2D eigenvalue weighted by atomic mass is 9.82. The lowest BCUT2D eigenvalue weighted by Gasteiger charge is -2.37. The maximum atomic E-state index is 14.2. The number of hydrogen-bond acceptors (Lipinski definition) is 4. The second-order valence-corrected chi connectivity index (χ2v) is 9.70. The molecule has 2 heterocycles. The summed E-state index contributed by atoms with van der Waals surface area (Å²) in [6.07, 6.45) is 12.6. The Labute approximate surface area is 205 Å². The maximum Gasteiger partial charge on any atom is 0.138 e. The molecular weight excluding hydrogens is 451 g/mol. The van der Waals surface area contributed by atoms with Crippen molar-refractivity contribution in [3.8, 4) is 11.8 Å². The molecule has 0 saturated carbocycles. The van der Waals surface area contributed by atoms with Crippen molar-refractivity contribution in [2.24, 2.45) is 11.8 Å². The number of fused-ring (bicyclic) bond motifs is 1. The lowest BCUT2D eigenvalue weighted by molar-refractivity contribution is -0.0628. The van der Waals surface area contributed by atoms with E-state index in [4.69, 9.17) is 26.3 Å². The molecule has 0 spiro atoms. The van der Waals surface area contributed by atoms with Crippen molar-refractivity contribution in [3.05, 3.63) is 87.7 Å². The first-order valence-corrected chi connectivity index (χ1v) is 12.3. The Balaban J connectivity index is 1.25. The fourth-order valence-electron chi connectivity index (χ4n) is 5.00. The zero-order chi connectivity index (χ0) is 23.5. The topological polar surface area (TPSA) is 45.5 Å². The van der Waals surface area contributed by atoms with Gasteiger partial charge in [-0.25, -0.2) is 4.39 Å². The van der Waals surface area contributed by atoms with Crippen molar-refractivity contribution in [1.82, 2.24) is 4.90 Å². The molecule has 2 unspecified atom stereocenters. The van der Waals surface area contributed by atoms with Crippen molar-refractivity contribution in [2.75, 3.05) is 19.7 Å². The molecular formula is C28H28ClFN2O2. The third kappa shape index (κ3) is 5.05. The number of nitrogens with zero attached hydrogens (tertiary/aromatic N) is 2. The SMILES string of the molecule is N#Cc1ccc(COc2ccc3c(c2Cl)CN(CC2C=CC=C[C@@H]2CC2CCO2)CC3)c(F)c1. The summed E-state index contributed by atoms with van der Waals surface area (Å²) in [5.74, 6) is 1.08. The summed E-state index contributed by atoms with van der Waals surface area (Å²) in [4.78, 5) is 2.47. The van der Waals surface area contributed by atoms with Crippen LogP contribution >= 0.6 is 11.6 Å². The lowest BCUT2D eigenvalue weighted by Crippen LogP contribution is -2.38. The second-order valence-electron chi connectivity index (χ2n) is 9.32. The van der Waals surface area contributed by atoms with Gasteiger partial charge < -0.3 is 9.47 Å². The number of ether oxygens (including phenoxy) is 2. The number of benzene rings is 2. The van der Waals surface area contributed by atoms with Crippen LogP contribution in [0.25, 0.3) is 0 Å². The molecule has 2 aromatic rings.